The van der Waals surface area contributed by atoms with Crippen LogP contribution < -0.4 is 5.73 Å². The number of nitrogens with one attached hydrogen (secondary N) is 1. The summed E-state index contributed by atoms with van der Waals surface area (Å²) in [5.74, 6) is -0.950. The number of H-pyrrole nitrogens is 1. The lowest BCUT2D eigenvalue weighted by molar-refractivity contribution is -0.137. The molecule has 0 aliphatic heterocycles. The number of aliphatic carboxylic acids is 1. The number of hydrogen-bond donors (Lipinski definition) is 3. The summed E-state index contributed by atoms with van der Waals surface area (Å²) in [5, 5.41) is 9.87. The Kier molecular flexibility index (Phi) is 4.54. The van der Waals surface area contributed by atoms with Gasteiger partial charge < -0.3 is 15.8 Å². The largest absolute Gasteiger partial charge is 0.481 e. The molecule has 0 spiro atoms. The molecular weight excluding hydrogens is 240 g/mol. The number of aromatic nitrogens is 1. The zero-order valence-electron chi connectivity index (χ0n) is 9.22. The number of halogens is 1. The van der Waals surface area contributed by atoms with Crippen molar-refractivity contribution in [2.24, 2.45) is 5.73 Å². The van der Waals surface area contributed by atoms with Gasteiger partial charge in [0.15, 0.2) is 0 Å². The van der Waals surface area contributed by atoms with E-state index in [1.54, 1.807) is 0 Å². The zero-order chi connectivity index (χ0) is 11.5. The Morgan fingerprint density at radius 1 is 1.41 bits per heavy atom. The van der Waals surface area contributed by atoms with Crippen LogP contribution in [0.3, 0.4) is 0 Å². The van der Waals surface area contributed by atoms with Crippen LogP contribution in [0.5, 0.6) is 0 Å². The van der Waals surface area contributed by atoms with Crippen LogP contribution in [0.2, 0.25) is 0 Å². The third kappa shape index (κ3) is 2.78. The van der Waals surface area contributed by atoms with Gasteiger partial charge in [-0.3, -0.25) is 4.79 Å². The first-order chi connectivity index (χ1) is 7.72. The van der Waals surface area contributed by atoms with Gasteiger partial charge in [0.05, 0.1) is 6.42 Å². The van der Waals surface area contributed by atoms with Gasteiger partial charge in [0, 0.05) is 23.0 Å². The molecule has 0 unspecified atom stereocenters. The zero-order valence-corrected chi connectivity index (χ0v) is 10.0. The van der Waals surface area contributed by atoms with E-state index in [0.29, 0.717) is 6.54 Å². The van der Waals surface area contributed by atoms with Gasteiger partial charge >= 0.3 is 5.97 Å². The van der Waals surface area contributed by atoms with E-state index in [1.807, 2.05) is 30.5 Å². The number of carboxylic acid groups (broad SMARTS) is 1. The molecule has 4 nitrogen and oxygen atoms in total. The minimum Gasteiger partial charge on any atom is -0.481 e. The quantitative estimate of drug-likeness (QED) is 0.782. The predicted molar refractivity (Wildman–Crippen MR) is 69.6 cm³/mol. The summed E-state index contributed by atoms with van der Waals surface area (Å²) in [5.41, 5.74) is 7.63. The van der Waals surface area contributed by atoms with E-state index in [1.165, 1.54) is 0 Å². The van der Waals surface area contributed by atoms with Gasteiger partial charge in [-0.15, -0.1) is 12.4 Å². The molecule has 0 aliphatic rings. The van der Waals surface area contributed by atoms with Crippen molar-refractivity contribution in [3.63, 3.8) is 0 Å². The van der Waals surface area contributed by atoms with Crippen molar-refractivity contribution in [3.05, 3.63) is 36.0 Å². The lowest BCUT2D eigenvalue weighted by atomic mass is 9.95. The molecular formula is C12H15ClN2O2. The van der Waals surface area contributed by atoms with Crippen LogP contribution in [0.15, 0.2) is 30.5 Å². The predicted octanol–water partition coefficient (Wildman–Crippen LogP) is 2.11. The molecule has 0 saturated carbocycles. The number of benzene rings is 1. The lowest BCUT2D eigenvalue weighted by Gasteiger charge is -2.10. The Balaban J connectivity index is 0.00000144. The van der Waals surface area contributed by atoms with Crippen molar-refractivity contribution in [2.75, 3.05) is 6.54 Å². The normalized spacial score (nSPS) is 12.1. The number of rotatable bonds is 4. The van der Waals surface area contributed by atoms with Crippen LogP contribution in [-0.2, 0) is 4.79 Å². The maximum Gasteiger partial charge on any atom is 0.304 e. The highest BCUT2D eigenvalue weighted by atomic mass is 35.5. The van der Waals surface area contributed by atoms with E-state index in [-0.39, 0.29) is 24.7 Å². The van der Waals surface area contributed by atoms with Crippen molar-refractivity contribution in [2.45, 2.75) is 12.3 Å². The lowest BCUT2D eigenvalue weighted by Crippen LogP contribution is -2.15. The standard InChI is InChI=1S/C12H14N2O2.ClH/c13-6-8(5-12(15)16)10-7-14-11-4-2-1-3-9(10)11;/h1-4,7-8,14H,5-6,13H2,(H,15,16);1H/t8-;/m1./s1. The summed E-state index contributed by atoms with van der Waals surface area (Å²) >= 11 is 0. The van der Waals surface area contributed by atoms with Crippen LogP contribution in [0.1, 0.15) is 17.9 Å². The van der Waals surface area contributed by atoms with Crippen molar-refractivity contribution < 1.29 is 9.90 Å². The Hall–Kier alpha value is -1.52. The average molecular weight is 255 g/mol. The second kappa shape index (κ2) is 5.70. The molecule has 0 aliphatic carbocycles. The summed E-state index contributed by atoms with van der Waals surface area (Å²) in [7, 11) is 0. The number of nitrogens with two attached hydrogens (primary N) is 1. The highest BCUT2D eigenvalue weighted by Gasteiger charge is 2.17. The van der Waals surface area contributed by atoms with Crippen LogP contribution in [0, 0.1) is 0 Å². The SMILES string of the molecule is Cl.NC[C@@H](CC(=O)O)c1c[nH]c2ccccc12. The summed E-state index contributed by atoms with van der Waals surface area (Å²) in [6.07, 6.45) is 1.92. The first-order valence-electron chi connectivity index (χ1n) is 5.20. The molecule has 1 heterocycles. The first kappa shape index (κ1) is 13.5. The van der Waals surface area contributed by atoms with Gasteiger partial charge in [0.1, 0.15) is 0 Å². The summed E-state index contributed by atoms with van der Waals surface area (Å²) in [4.78, 5) is 13.9. The van der Waals surface area contributed by atoms with Crippen molar-refractivity contribution in [1.29, 1.82) is 0 Å². The molecule has 0 bridgehead atoms. The number of carbonyl (C=O) groups is 1. The molecule has 0 saturated heterocycles. The fraction of sp³-hybridized carbons (Fsp3) is 0.250. The fourth-order valence-electron chi connectivity index (χ4n) is 1.96. The van der Waals surface area contributed by atoms with E-state index in [9.17, 15) is 4.79 Å². The van der Waals surface area contributed by atoms with Gasteiger partial charge in [-0.2, -0.15) is 0 Å². The Morgan fingerprint density at radius 2 is 2.12 bits per heavy atom. The van der Waals surface area contributed by atoms with Crippen LogP contribution in [0.4, 0.5) is 0 Å². The van der Waals surface area contributed by atoms with Gasteiger partial charge in [-0.05, 0) is 18.2 Å². The van der Waals surface area contributed by atoms with E-state index >= 15 is 0 Å². The summed E-state index contributed by atoms with van der Waals surface area (Å²) in [6.45, 7) is 0.341. The average Bonchev–Trinajstić information content (AvgIpc) is 2.69. The molecule has 1 atom stereocenters. The Labute approximate surface area is 105 Å². The van der Waals surface area contributed by atoms with Crippen molar-refractivity contribution in [1.82, 2.24) is 4.98 Å². The molecule has 92 valence electrons. The number of fused-ring (bicyclic) bond motifs is 1. The molecule has 2 rings (SSSR count). The highest BCUT2D eigenvalue weighted by Crippen LogP contribution is 2.26. The molecule has 17 heavy (non-hydrogen) atoms. The maximum atomic E-state index is 10.7. The minimum atomic E-state index is -0.819. The topological polar surface area (TPSA) is 79.1 Å². The van der Waals surface area contributed by atoms with E-state index in [4.69, 9.17) is 10.8 Å². The van der Waals surface area contributed by atoms with Crippen LogP contribution in [0.25, 0.3) is 10.9 Å². The van der Waals surface area contributed by atoms with E-state index in [2.05, 4.69) is 4.98 Å². The minimum absolute atomic E-state index is 0. The number of carboxylic acids is 1. The van der Waals surface area contributed by atoms with Gasteiger partial charge in [0.25, 0.3) is 0 Å². The first-order valence-corrected chi connectivity index (χ1v) is 5.20. The van der Waals surface area contributed by atoms with Gasteiger partial charge in [-0.1, -0.05) is 18.2 Å². The van der Waals surface area contributed by atoms with E-state index in [0.717, 1.165) is 16.5 Å². The molecule has 0 radical (unpaired) electrons. The molecule has 5 heteroatoms. The molecule has 0 amide bonds. The summed E-state index contributed by atoms with van der Waals surface area (Å²) in [6, 6.07) is 7.82. The Morgan fingerprint density at radius 3 is 2.76 bits per heavy atom. The van der Waals surface area contributed by atoms with E-state index < -0.39 is 5.97 Å². The molecule has 2 aromatic rings. The van der Waals surface area contributed by atoms with Crippen molar-refractivity contribution in [3.8, 4) is 0 Å². The molecule has 1 aromatic carbocycles. The fourth-order valence-corrected chi connectivity index (χ4v) is 1.96. The molecule has 1 aromatic heterocycles. The third-order valence-corrected chi connectivity index (χ3v) is 2.77. The molecule has 4 N–H and O–H groups in total. The molecule has 0 fully saturated rings. The van der Waals surface area contributed by atoms with Gasteiger partial charge in [-0.25, -0.2) is 0 Å². The second-order valence-electron chi connectivity index (χ2n) is 3.82. The summed E-state index contributed by atoms with van der Waals surface area (Å²) < 4.78 is 0. The van der Waals surface area contributed by atoms with Crippen molar-refractivity contribution >= 4 is 29.3 Å². The Bertz CT molecular complexity index is 510. The van der Waals surface area contributed by atoms with Gasteiger partial charge in [0.2, 0.25) is 0 Å². The number of hydrogen-bond acceptors (Lipinski definition) is 2. The second-order valence-corrected chi connectivity index (χ2v) is 3.82. The van der Waals surface area contributed by atoms with Crippen LogP contribution in [-0.4, -0.2) is 22.6 Å². The number of para-hydroxylation sites is 1. The number of aromatic amines is 1. The highest BCUT2D eigenvalue weighted by molar-refractivity contribution is 5.85. The third-order valence-electron chi connectivity index (χ3n) is 2.77. The van der Waals surface area contributed by atoms with Crippen LogP contribution >= 0.6 is 12.4 Å². The smallest absolute Gasteiger partial charge is 0.304 e. The maximum absolute atomic E-state index is 10.7. The monoisotopic (exact) mass is 254 g/mol.